The molecule has 4 heteroatoms. The van der Waals surface area contributed by atoms with Crippen LogP contribution in [0.3, 0.4) is 0 Å². The maximum atomic E-state index is 5.73. The van der Waals surface area contributed by atoms with Crippen LogP contribution in [-0.2, 0) is 9.47 Å². The molecule has 72 valence electrons. The van der Waals surface area contributed by atoms with Crippen molar-refractivity contribution in [3.8, 4) is 0 Å². The van der Waals surface area contributed by atoms with Gasteiger partial charge in [0.25, 0.3) is 0 Å². The molecule has 12 heavy (non-hydrogen) atoms. The van der Waals surface area contributed by atoms with Gasteiger partial charge in [-0.3, -0.25) is 0 Å². The summed E-state index contributed by atoms with van der Waals surface area (Å²) in [6.07, 6.45) is 2.32. The molecule has 0 heterocycles. The Morgan fingerprint density at radius 3 is 2.25 bits per heavy atom. The monoisotopic (exact) mass is 174 g/mol. The highest BCUT2D eigenvalue weighted by Crippen LogP contribution is 2.10. The second-order valence-electron chi connectivity index (χ2n) is 2.83. The SMILES string of the molecule is C=CCC(N)(N)CC(OC)OC. The molecule has 0 bridgehead atoms. The third kappa shape index (κ3) is 4.46. The van der Waals surface area contributed by atoms with Gasteiger partial charge >= 0.3 is 0 Å². The molecule has 0 spiro atoms. The minimum absolute atomic E-state index is 0.347. The Kier molecular flexibility index (Phi) is 5.08. The Hall–Kier alpha value is -0.420. The Balaban J connectivity index is 3.92. The third-order valence-corrected chi connectivity index (χ3v) is 1.60. The first-order valence-electron chi connectivity index (χ1n) is 3.80. The lowest BCUT2D eigenvalue weighted by Crippen LogP contribution is -2.51. The highest BCUT2D eigenvalue weighted by atomic mass is 16.7. The van der Waals surface area contributed by atoms with E-state index in [0.717, 1.165) is 0 Å². The lowest BCUT2D eigenvalue weighted by molar-refractivity contribution is -0.116. The van der Waals surface area contributed by atoms with Crippen molar-refractivity contribution < 1.29 is 9.47 Å². The van der Waals surface area contributed by atoms with Crippen LogP contribution in [0.25, 0.3) is 0 Å². The minimum atomic E-state index is -0.793. The molecule has 0 rings (SSSR count). The number of hydrogen-bond donors (Lipinski definition) is 2. The molecule has 0 aliphatic heterocycles. The van der Waals surface area contributed by atoms with Gasteiger partial charge < -0.3 is 20.9 Å². The Morgan fingerprint density at radius 1 is 1.42 bits per heavy atom. The molecule has 0 aliphatic rings. The summed E-state index contributed by atoms with van der Waals surface area (Å²) in [4.78, 5) is 0. The Morgan fingerprint density at radius 2 is 1.92 bits per heavy atom. The van der Waals surface area contributed by atoms with E-state index in [1.165, 1.54) is 0 Å². The van der Waals surface area contributed by atoms with E-state index in [4.69, 9.17) is 20.9 Å². The van der Waals surface area contributed by atoms with Gasteiger partial charge in [0.15, 0.2) is 6.29 Å². The Bertz CT molecular complexity index is 133. The highest BCUT2D eigenvalue weighted by Gasteiger charge is 2.22. The van der Waals surface area contributed by atoms with E-state index in [0.29, 0.717) is 12.8 Å². The molecule has 0 fully saturated rings. The van der Waals surface area contributed by atoms with Gasteiger partial charge in [-0.05, 0) is 6.42 Å². The third-order valence-electron chi connectivity index (χ3n) is 1.60. The zero-order chi connectivity index (χ0) is 9.61. The van der Waals surface area contributed by atoms with Gasteiger partial charge in [0.05, 0.1) is 5.66 Å². The van der Waals surface area contributed by atoms with Gasteiger partial charge in [-0.2, -0.15) is 0 Å². The molecular weight excluding hydrogens is 156 g/mol. The van der Waals surface area contributed by atoms with Crippen molar-refractivity contribution in [1.82, 2.24) is 0 Å². The molecule has 0 radical (unpaired) electrons. The van der Waals surface area contributed by atoms with E-state index in [1.807, 2.05) is 0 Å². The van der Waals surface area contributed by atoms with Crippen molar-refractivity contribution in [2.45, 2.75) is 24.8 Å². The number of rotatable bonds is 6. The lowest BCUT2D eigenvalue weighted by Gasteiger charge is -2.26. The lowest BCUT2D eigenvalue weighted by atomic mass is 10.0. The number of methoxy groups -OCH3 is 2. The number of hydrogen-bond acceptors (Lipinski definition) is 4. The summed E-state index contributed by atoms with van der Waals surface area (Å²) in [5.74, 6) is 0. The normalized spacial score (nSPS) is 12.1. The summed E-state index contributed by atoms with van der Waals surface area (Å²) in [6.45, 7) is 3.56. The molecule has 0 unspecified atom stereocenters. The van der Waals surface area contributed by atoms with E-state index < -0.39 is 5.66 Å². The molecule has 0 aromatic heterocycles. The molecule has 0 amide bonds. The molecule has 0 aromatic rings. The van der Waals surface area contributed by atoms with E-state index in [2.05, 4.69) is 6.58 Å². The summed E-state index contributed by atoms with van der Waals surface area (Å²) in [5.41, 5.74) is 10.7. The first-order chi connectivity index (χ1) is 5.55. The van der Waals surface area contributed by atoms with Crippen molar-refractivity contribution in [1.29, 1.82) is 0 Å². The predicted molar refractivity (Wildman–Crippen MR) is 48.3 cm³/mol. The summed E-state index contributed by atoms with van der Waals surface area (Å²) in [6, 6.07) is 0. The van der Waals surface area contributed by atoms with E-state index in [-0.39, 0.29) is 6.29 Å². The minimum Gasteiger partial charge on any atom is -0.356 e. The highest BCUT2D eigenvalue weighted by molar-refractivity contribution is 4.86. The summed E-state index contributed by atoms with van der Waals surface area (Å²) in [7, 11) is 3.11. The van der Waals surface area contributed by atoms with Crippen LogP contribution in [0, 0.1) is 0 Å². The van der Waals surface area contributed by atoms with Gasteiger partial charge in [-0.25, -0.2) is 0 Å². The average Bonchev–Trinajstić information content (AvgIpc) is 2.00. The van der Waals surface area contributed by atoms with Crippen LogP contribution >= 0.6 is 0 Å². The first kappa shape index (κ1) is 11.6. The molecule has 0 atom stereocenters. The molecule has 0 saturated heterocycles. The largest absolute Gasteiger partial charge is 0.356 e. The van der Waals surface area contributed by atoms with Gasteiger partial charge in [0, 0.05) is 20.6 Å². The van der Waals surface area contributed by atoms with Crippen LogP contribution in [0.5, 0.6) is 0 Å². The van der Waals surface area contributed by atoms with Gasteiger partial charge in [-0.15, -0.1) is 6.58 Å². The maximum absolute atomic E-state index is 5.73. The molecule has 4 N–H and O–H groups in total. The van der Waals surface area contributed by atoms with Crippen LogP contribution in [0.4, 0.5) is 0 Å². The summed E-state index contributed by atoms with van der Waals surface area (Å²) in [5, 5.41) is 0. The quantitative estimate of drug-likeness (QED) is 0.445. The van der Waals surface area contributed by atoms with Crippen molar-refractivity contribution in [2.24, 2.45) is 11.5 Å². The van der Waals surface area contributed by atoms with Crippen molar-refractivity contribution in [2.75, 3.05) is 14.2 Å². The van der Waals surface area contributed by atoms with Crippen LogP contribution in [-0.4, -0.2) is 26.2 Å². The van der Waals surface area contributed by atoms with Gasteiger partial charge in [0.2, 0.25) is 0 Å². The van der Waals surface area contributed by atoms with Crippen LogP contribution < -0.4 is 11.5 Å². The zero-order valence-corrected chi connectivity index (χ0v) is 7.75. The van der Waals surface area contributed by atoms with Crippen molar-refractivity contribution in [3.05, 3.63) is 12.7 Å². The molecule has 0 aliphatic carbocycles. The van der Waals surface area contributed by atoms with E-state index in [1.54, 1.807) is 20.3 Å². The smallest absolute Gasteiger partial charge is 0.159 e. The fraction of sp³-hybridized carbons (Fsp3) is 0.750. The van der Waals surface area contributed by atoms with Crippen LogP contribution in [0.1, 0.15) is 12.8 Å². The van der Waals surface area contributed by atoms with Crippen molar-refractivity contribution >= 4 is 0 Å². The molecular formula is C8H18N2O2. The average molecular weight is 174 g/mol. The fourth-order valence-corrected chi connectivity index (χ4v) is 0.925. The number of ether oxygens (including phenoxy) is 2. The topological polar surface area (TPSA) is 70.5 Å². The van der Waals surface area contributed by atoms with Gasteiger partial charge in [0.1, 0.15) is 0 Å². The first-order valence-corrected chi connectivity index (χ1v) is 3.80. The Labute approximate surface area is 73.5 Å². The second kappa shape index (κ2) is 5.27. The standard InChI is InChI=1S/C8H18N2O2/c1-4-5-8(9,10)6-7(11-2)12-3/h4,7H,1,5-6,9-10H2,2-3H3. The molecule has 4 nitrogen and oxygen atoms in total. The van der Waals surface area contributed by atoms with Crippen LogP contribution in [0.15, 0.2) is 12.7 Å². The van der Waals surface area contributed by atoms with E-state index >= 15 is 0 Å². The van der Waals surface area contributed by atoms with Crippen molar-refractivity contribution in [3.63, 3.8) is 0 Å². The van der Waals surface area contributed by atoms with E-state index in [9.17, 15) is 0 Å². The number of nitrogens with two attached hydrogens (primary N) is 2. The summed E-state index contributed by atoms with van der Waals surface area (Å²) >= 11 is 0. The summed E-state index contributed by atoms with van der Waals surface area (Å²) < 4.78 is 9.93. The second-order valence-corrected chi connectivity index (χ2v) is 2.83. The predicted octanol–water partition coefficient (Wildman–Crippen LogP) is 0.185. The maximum Gasteiger partial charge on any atom is 0.159 e. The van der Waals surface area contributed by atoms with Crippen LogP contribution in [0.2, 0.25) is 0 Å². The van der Waals surface area contributed by atoms with Gasteiger partial charge in [-0.1, -0.05) is 6.08 Å². The molecule has 0 saturated carbocycles. The fourth-order valence-electron chi connectivity index (χ4n) is 0.925. The molecule has 0 aromatic carbocycles. The zero-order valence-electron chi connectivity index (χ0n) is 7.75.